The fourth-order valence-electron chi connectivity index (χ4n) is 1.84. The molecule has 0 aliphatic carbocycles. The van der Waals surface area contributed by atoms with Crippen molar-refractivity contribution in [2.24, 2.45) is 0 Å². The molecule has 1 amide bonds. The van der Waals surface area contributed by atoms with E-state index in [0.717, 1.165) is 19.0 Å². The number of hydrogen-bond acceptors (Lipinski definition) is 4. The molecule has 0 aromatic heterocycles. The number of carbonyl (C=O) groups excluding carboxylic acids is 1. The van der Waals surface area contributed by atoms with Crippen molar-refractivity contribution in [1.29, 1.82) is 0 Å². The second kappa shape index (κ2) is 5.10. The number of allylic oxidation sites excluding steroid dienone is 2. The number of ether oxygens (including phenoxy) is 1. The molecule has 2 rings (SSSR count). The molecular formula is C11H18N2O2S. The smallest absolute Gasteiger partial charge is 0.242 e. The summed E-state index contributed by atoms with van der Waals surface area (Å²) in [6.07, 6.45) is 0. The second-order valence-electron chi connectivity index (χ2n) is 4.11. The van der Waals surface area contributed by atoms with Gasteiger partial charge in [0.05, 0.1) is 25.6 Å². The summed E-state index contributed by atoms with van der Waals surface area (Å²) in [5.74, 6) is 1.13. The molecule has 1 saturated heterocycles. The molecule has 0 spiro atoms. The maximum atomic E-state index is 12.0. The molecule has 16 heavy (non-hydrogen) atoms. The van der Waals surface area contributed by atoms with E-state index in [-0.39, 0.29) is 5.91 Å². The summed E-state index contributed by atoms with van der Waals surface area (Å²) in [5.41, 5.74) is 1.24. The average molecular weight is 242 g/mol. The van der Waals surface area contributed by atoms with Crippen molar-refractivity contribution >= 4 is 17.7 Å². The number of amides is 1. The molecule has 2 aliphatic rings. The van der Waals surface area contributed by atoms with Gasteiger partial charge in [-0.05, 0) is 13.8 Å². The molecule has 0 saturated carbocycles. The van der Waals surface area contributed by atoms with E-state index in [4.69, 9.17) is 4.74 Å². The van der Waals surface area contributed by atoms with Gasteiger partial charge in [-0.15, -0.1) is 11.8 Å². The third kappa shape index (κ3) is 2.52. The van der Waals surface area contributed by atoms with E-state index in [1.54, 1.807) is 0 Å². The van der Waals surface area contributed by atoms with Crippen molar-refractivity contribution in [2.45, 2.75) is 13.8 Å². The highest BCUT2D eigenvalue weighted by atomic mass is 32.2. The first-order valence-corrected chi connectivity index (χ1v) is 6.58. The molecule has 0 aromatic carbocycles. The molecule has 0 radical (unpaired) electrons. The van der Waals surface area contributed by atoms with Gasteiger partial charge in [0.1, 0.15) is 0 Å². The highest BCUT2D eigenvalue weighted by Gasteiger charge is 2.23. The fraction of sp³-hybridized carbons (Fsp3) is 0.727. The minimum atomic E-state index is 0.220. The molecule has 2 heterocycles. The van der Waals surface area contributed by atoms with Crippen LogP contribution in [-0.4, -0.2) is 54.4 Å². The monoisotopic (exact) mass is 242 g/mol. The van der Waals surface area contributed by atoms with E-state index in [9.17, 15) is 4.79 Å². The van der Waals surface area contributed by atoms with Gasteiger partial charge in [0, 0.05) is 23.7 Å². The number of carbonyl (C=O) groups is 1. The minimum absolute atomic E-state index is 0.220. The van der Waals surface area contributed by atoms with Crippen molar-refractivity contribution in [3.05, 3.63) is 10.6 Å². The molecule has 0 aromatic rings. The standard InChI is InChI=1S/C11H18N2O2S/c1-9-10(2)16-8-13(9)7-11(14)12-3-5-15-6-4-12/h3-8H2,1-2H3. The van der Waals surface area contributed by atoms with E-state index in [1.807, 2.05) is 16.7 Å². The molecule has 5 heteroatoms. The van der Waals surface area contributed by atoms with Crippen LogP contribution in [0.2, 0.25) is 0 Å². The zero-order chi connectivity index (χ0) is 11.5. The number of rotatable bonds is 2. The third-order valence-electron chi connectivity index (χ3n) is 3.11. The number of thioether (sulfide) groups is 1. The first-order valence-electron chi connectivity index (χ1n) is 5.59. The molecule has 0 bridgehead atoms. The summed E-state index contributed by atoms with van der Waals surface area (Å²) >= 11 is 1.81. The van der Waals surface area contributed by atoms with E-state index in [2.05, 4.69) is 18.7 Å². The Balaban J connectivity index is 1.87. The predicted molar refractivity (Wildman–Crippen MR) is 64.9 cm³/mol. The van der Waals surface area contributed by atoms with Gasteiger partial charge in [0.25, 0.3) is 0 Å². The van der Waals surface area contributed by atoms with Crippen LogP contribution in [0, 0.1) is 0 Å². The van der Waals surface area contributed by atoms with Gasteiger partial charge in [-0.3, -0.25) is 4.79 Å². The highest BCUT2D eigenvalue weighted by molar-refractivity contribution is 8.03. The lowest BCUT2D eigenvalue weighted by Gasteiger charge is -2.29. The van der Waals surface area contributed by atoms with Crippen molar-refractivity contribution in [2.75, 3.05) is 38.7 Å². The van der Waals surface area contributed by atoms with E-state index >= 15 is 0 Å². The SMILES string of the molecule is CC1=C(C)N(CC(=O)N2CCOCC2)CS1. The molecule has 0 unspecified atom stereocenters. The van der Waals surface area contributed by atoms with Crippen LogP contribution in [0.25, 0.3) is 0 Å². The van der Waals surface area contributed by atoms with Gasteiger partial charge in [-0.25, -0.2) is 0 Å². The molecule has 90 valence electrons. The fourth-order valence-corrected chi connectivity index (χ4v) is 2.81. The first kappa shape index (κ1) is 11.8. The van der Waals surface area contributed by atoms with E-state index in [0.29, 0.717) is 19.8 Å². The molecule has 0 atom stereocenters. The van der Waals surface area contributed by atoms with Crippen LogP contribution in [0.5, 0.6) is 0 Å². The van der Waals surface area contributed by atoms with Crippen LogP contribution in [0.15, 0.2) is 10.6 Å². The Kier molecular flexibility index (Phi) is 3.76. The summed E-state index contributed by atoms with van der Waals surface area (Å²) in [6, 6.07) is 0. The Morgan fingerprint density at radius 1 is 1.38 bits per heavy atom. The Bertz CT molecular complexity index is 311. The van der Waals surface area contributed by atoms with Gasteiger partial charge in [-0.1, -0.05) is 0 Å². The van der Waals surface area contributed by atoms with E-state index in [1.165, 1.54) is 10.6 Å². The van der Waals surface area contributed by atoms with Crippen LogP contribution < -0.4 is 0 Å². The van der Waals surface area contributed by atoms with Crippen LogP contribution in [0.3, 0.4) is 0 Å². The Labute approximate surface area is 101 Å². The molecule has 1 fully saturated rings. The summed E-state index contributed by atoms with van der Waals surface area (Å²) < 4.78 is 5.24. The van der Waals surface area contributed by atoms with Crippen molar-refractivity contribution in [1.82, 2.24) is 9.80 Å². The van der Waals surface area contributed by atoms with Gasteiger partial charge < -0.3 is 14.5 Å². The summed E-state index contributed by atoms with van der Waals surface area (Å²) in [4.78, 5) is 17.4. The molecule has 2 aliphatic heterocycles. The first-order chi connectivity index (χ1) is 7.68. The Hall–Kier alpha value is -0.680. The lowest BCUT2D eigenvalue weighted by molar-refractivity contribution is -0.135. The quantitative estimate of drug-likeness (QED) is 0.726. The zero-order valence-corrected chi connectivity index (χ0v) is 10.7. The van der Waals surface area contributed by atoms with E-state index < -0.39 is 0 Å². The minimum Gasteiger partial charge on any atom is -0.378 e. The number of morpholine rings is 1. The number of hydrogen-bond donors (Lipinski definition) is 0. The molecule has 0 N–H and O–H groups in total. The van der Waals surface area contributed by atoms with Gasteiger partial charge in [-0.2, -0.15) is 0 Å². The van der Waals surface area contributed by atoms with Gasteiger partial charge >= 0.3 is 0 Å². The maximum Gasteiger partial charge on any atom is 0.242 e. The van der Waals surface area contributed by atoms with Crippen molar-refractivity contribution in [3.8, 4) is 0 Å². The summed E-state index contributed by atoms with van der Waals surface area (Å²) in [7, 11) is 0. The van der Waals surface area contributed by atoms with Crippen molar-refractivity contribution < 1.29 is 9.53 Å². The van der Waals surface area contributed by atoms with Crippen molar-refractivity contribution in [3.63, 3.8) is 0 Å². The second-order valence-corrected chi connectivity index (χ2v) is 5.27. The lowest BCUT2D eigenvalue weighted by atomic mass is 10.3. The van der Waals surface area contributed by atoms with Gasteiger partial charge in [0.15, 0.2) is 0 Å². The third-order valence-corrected chi connectivity index (χ3v) is 4.28. The van der Waals surface area contributed by atoms with Crippen LogP contribution in [0.1, 0.15) is 13.8 Å². The van der Waals surface area contributed by atoms with Gasteiger partial charge in [0.2, 0.25) is 5.91 Å². The molecule has 4 nitrogen and oxygen atoms in total. The Morgan fingerprint density at radius 2 is 2.06 bits per heavy atom. The summed E-state index contributed by atoms with van der Waals surface area (Å²) in [6.45, 7) is 7.53. The largest absolute Gasteiger partial charge is 0.378 e. The highest BCUT2D eigenvalue weighted by Crippen LogP contribution is 2.30. The zero-order valence-electron chi connectivity index (χ0n) is 9.86. The predicted octanol–water partition coefficient (Wildman–Crippen LogP) is 1.10. The summed E-state index contributed by atoms with van der Waals surface area (Å²) in [5, 5.41) is 0. The lowest BCUT2D eigenvalue weighted by Crippen LogP contribution is -2.45. The normalized spacial score (nSPS) is 21.9. The van der Waals surface area contributed by atoms with Crippen LogP contribution >= 0.6 is 11.8 Å². The average Bonchev–Trinajstić information content (AvgIpc) is 2.62. The molecular weight excluding hydrogens is 224 g/mol. The van der Waals surface area contributed by atoms with Crippen LogP contribution in [-0.2, 0) is 9.53 Å². The Morgan fingerprint density at radius 3 is 2.62 bits per heavy atom. The number of nitrogens with zero attached hydrogens (tertiary/aromatic N) is 2. The van der Waals surface area contributed by atoms with Crippen LogP contribution in [0.4, 0.5) is 0 Å². The maximum absolute atomic E-state index is 12.0. The topological polar surface area (TPSA) is 32.8 Å².